The maximum absolute atomic E-state index is 12.6. The van der Waals surface area contributed by atoms with Crippen molar-refractivity contribution in [1.82, 2.24) is 0 Å². The summed E-state index contributed by atoms with van der Waals surface area (Å²) in [6.45, 7) is 0. The fraction of sp³-hybridized carbons (Fsp3) is 0.106. The first-order chi connectivity index (χ1) is 32.8. The third-order valence-corrected chi connectivity index (χ3v) is 15.1. The van der Waals surface area contributed by atoms with Gasteiger partial charge in [-0.15, -0.1) is 0 Å². The Hall–Kier alpha value is -6.11. The first-order valence-electron chi connectivity index (χ1n) is 19.3. The van der Waals surface area contributed by atoms with Crippen LogP contribution in [-0.2, 0) is 42.0 Å². The molecule has 372 valence electrons. The molecule has 0 radical (unpaired) electrons. The third kappa shape index (κ3) is 14.3. The van der Waals surface area contributed by atoms with Crippen LogP contribution in [0.15, 0.2) is 210 Å². The number of ether oxygens (including phenoxy) is 2. The monoisotopic (exact) mass is 1060 g/mol. The molecular weight excluding hydrogens is 1030 g/mol. The molecule has 0 spiro atoms. The van der Waals surface area contributed by atoms with Crippen molar-refractivity contribution >= 4 is 42.0 Å². The van der Waals surface area contributed by atoms with Crippen LogP contribution < -0.4 is 9.47 Å². The van der Waals surface area contributed by atoms with Gasteiger partial charge in [0.05, 0.1) is 40.9 Å². The molecule has 7 aromatic carbocycles. The number of benzene rings is 7. The molecule has 0 N–H and O–H groups in total. The van der Waals surface area contributed by atoms with E-state index in [4.69, 9.17) is 9.47 Å². The minimum atomic E-state index is -7.10. The molecule has 8 nitrogen and oxygen atoms in total. The van der Waals surface area contributed by atoms with Gasteiger partial charge < -0.3 is 18.6 Å². The van der Waals surface area contributed by atoms with Crippen LogP contribution in [0.2, 0.25) is 0 Å². The van der Waals surface area contributed by atoms with Crippen molar-refractivity contribution in [3.05, 3.63) is 199 Å². The van der Waals surface area contributed by atoms with Crippen molar-refractivity contribution < 1.29 is 83.7 Å². The van der Waals surface area contributed by atoms with E-state index >= 15 is 0 Å². The summed E-state index contributed by atoms with van der Waals surface area (Å²) in [4.78, 5) is 6.15. The molecule has 0 aliphatic rings. The maximum Gasteiger partial charge on any atom is 0.461 e. The third-order valence-electron chi connectivity index (χ3n) is 8.88. The second-order valence-electron chi connectivity index (χ2n) is 13.5. The van der Waals surface area contributed by atoms with E-state index in [1.54, 1.807) is 14.2 Å². The molecule has 0 bridgehead atoms. The SMILES string of the molecule is COc1ccc([S+](c2ccccc2)c2ccccc2)cc1.COc1ccc([S+](c2ccccc2)c2ccccc2)cc1.O=S(=O)([O-])C(F)(F)C(F)(F)C(F)(F)F.O=S(=O)([O-])c1cc(F)c(F)c(F)c1F. The zero-order chi connectivity index (χ0) is 52.1. The smallest absolute Gasteiger partial charge is 0.461 e. The predicted molar refractivity (Wildman–Crippen MR) is 236 cm³/mol. The van der Waals surface area contributed by atoms with Crippen LogP contribution in [0.5, 0.6) is 11.5 Å². The molecule has 0 amide bonds. The molecule has 0 atom stereocenters. The Morgan fingerprint density at radius 3 is 0.943 bits per heavy atom. The van der Waals surface area contributed by atoms with E-state index in [1.165, 1.54) is 29.4 Å². The van der Waals surface area contributed by atoms with Crippen LogP contribution >= 0.6 is 0 Å². The van der Waals surface area contributed by atoms with Gasteiger partial charge in [-0.05, 0) is 103 Å². The van der Waals surface area contributed by atoms with Gasteiger partial charge in [0.2, 0.25) is 0 Å². The summed E-state index contributed by atoms with van der Waals surface area (Å²) < 4.78 is 200. The number of methoxy groups -OCH3 is 2. The Balaban J connectivity index is 0.000000207. The standard InChI is InChI=1S/2C19H17OS.C6H2F4O3S.C3HF7O3S/c2*1-20-16-12-14-19(15-13-16)21(17-8-4-2-5-9-17)18-10-6-3-7-11-18;7-2-1-3(14(11,12)13)5(9)6(10)4(2)8;4-1(5,2(6,7)8)3(9,10)14(11,12)13/h2*2-15H,1H3;1H,(H,11,12,13);(H,11,12,13)/q2*+1;;/p-2. The number of rotatable bonds is 11. The molecule has 0 saturated heterocycles. The summed E-state index contributed by atoms with van der Waals surface area (Å²) >= 11 is 0. The summed E-state index contributed by atoms with van der Waals surface area (Å²) in [6.07, 6.45) is -6.83. The molecule has 0 aliphatic carbocycles. The average molecular weight is 1070 g/mol. The highest BCUT2D eigenvalue weighted by Gasteiger charge is 2.76. The van der Waals surface area contributed by atoms with Crippen molar-refractivity contribution in [3.8, 4) is 11.5 Å². The average Bonchev–Trinajstić information content (AvgIpc) is 3.33. The van der Waals surface area contributed by atoms with Gasteiger partial charge in [-0.1, -0.05) is 72.8 Å². The molecule has 0 unspecified atom stereocenters. The molecule has 23 heteroatoms. The Bertz CT molecular complexity index is 2770. The van der Waals surface area contributed by atoms with Crippen molar-refractivity contribution in [2.24, 2.45) is 0 Å². The number of alkyl halides is 7. The van der Waals surface area contributed by atoms with Crippen LogP contribution in [0.1, 0.15) is 0 Å². The molecule has 7 aromatic rings. The second-order valence-corrected chi connectivity index (χ2v) is 20.3. The van der Waals surface area contributed by atoms with Gasteiger partial charge >= 0.3 is 17.4 Å². The Morgan fingerprint density at radius 2 is 0.714 bits per heavy atom. The van der Waals surface area contributed by atoms with Crippen LogP contribution in [0.3, 0.4) is 0 Å². The van der Waals surface area contributed by atoms with Crippen LogP contribution in [0.25, 0.3) is 0 Å². The quantitative estimate of drug-likeness (QED) is 0.0411. The van der Waals surface area contributed by atoms with Gasteiger partial charge in [-0.3, -0.25) is 0 Å². The molecule has 7 rings (SSSR count). The van der Waals surface area contributed by atoms with Crippen LogP contribution in [0, 0.1) is 23.3 Å². The van der Waals surface area contributed by atoms with Crippen molar-refractivity contribution in [1.29, 1.82) is 0 Å². The van der Waals surface area contributed by atoms with E-state index in [1.807, 2.05) is 24.3 Å². The maximum atomic E-state index is 12.6. The van der Waals surface area contributed by atoms with Crippen molar-refractivity contribution in [3.63, 3.8) is 0 Å². The lowest BCUT2D eigenvalue weighted by molar-refractivity contribution is -0.333. The summed E-state index contributed by atoms with van der Waals surface area (Å²) in [5.41, 5.74) is 0. The molecule has 0 aliphatic heterocycles. The van der Waals surface area contributed by atoms with E-state index in [2.05, 4.69) is 146 Å². The number of hydrogen-bond donors (Lipinski definition) is 0. The van der Waals surface area contributed by atoms with E-state index in [0.29, 0.717) is 0 Å². The summed E-state index contributed by atoms with van der Waals surface area (Å²) in [7, 11) is -9.23. The zero-order valence-corrected chi connectivity index (χ0v) is 39.1. The van der Waals surface area contributed by atoms with Crippen molar-refractivity contribution in [2.45, 2.75) is 51.6 Å². The largest absolute Gasteiger partial charge is 0.744 e. The molecule has 0 aromatic heterocycles. The van der Waals surface area contributed by atoms with Gasteiger partial charge in [-0.2, -0.15) is 30.7 Å². The Morgan fingerprint density at radius 1 is 0.429 bits per heavy atom. The van der Waals surface area contributed by atoms with E-state index < -0.39 is 65.8 Å². The highest BCUT2D eigenvalue weighted by atomic mass is 32.2. The summed E-state index contributed by atoms with van der Waals surface area (Å²) in [5.74, 6) is -13.8. The van der Waals surface area contributed by atoms with Crippen molar-refractivity contribution in [2.75, 3.05) is 14.2 Å². The first-order valence-corrected chi connectivity index (χ1v) is 24.6. The normalized spacial score (nSPS) is 11.8. The van der Waals surface area contributed by atoms with Gasteiger partial charge in [0.1, 0.15) is 21.6 Å². The molecule has 70 heavy (non-hydrogen) atoms. The summed E-state index contributed by atoms with van der Waals surface area (Å²) in [5, 5.41) is -6.72. The van der Waals surface area contributed by atoms with E-state index in [9.17, 15) is 74.2 Å². The minimum Gasteiger partial charge on any atom is -0.744 e. The topological polar surface area (TPSA) is 133 Å². The zero-order valence-electron chi connectivity index (χ0n) is 35.8. The van der Waals surface area contributed by atoms with Gasteiger partial charge in [0, 0.05) is 0 Å². The Labute approximate surface area is 400 Å². The lowest BCUT2D eigenvalue weighted by Crippen LogP contribution is -2.55. The Kier molecular flexibility index (Phi) is 19.5. The lowest BCUT2D eigenvalue weighted by Gasteiger charge is -2.29. The lowest BCUT2D eigenvalue weighted by atomic mass is 10.3. The second kappa shape index (κ2) is 24.1. The molecule has 0 saturated carbocycles. The van der Waals surface area contributed by atoms with E-state index in [-0.39, 0.29) is 27.9 Å². The molecule has 0 fully saturated rings. The number of halogens is 11. The van der Waals surface area contributed by atoms with E-state index in [0.717, 1.165) is 11.5 Å². The van der Waals surface area contributed by atoms with Gasteiger partial charge in [0.15, 0.2) is 62.8 Å². The number of hydrogen-bond acceptors (Lipinski definition) is 8. The highest BCUT2D eigenvalue weighted by molar-refractivity contribution is 7.97. The summed E-state index contributed by atoms with van der Waals surface area (Å²) in [6, 6.07) is 59.1. The van der Waals surface area contributed by atoms with Crippen LogP contribution in [0.4, 0.5) is 48.3 Å². The highest BCUT2D eigenvalue weighted by Crippen LogP contribution is 2.48. The molecular formula is C47H35F11O8S4. The molecule has 0 heterocycles. The fourth-order valence-corrected chi connectivity index (χ4v) is 10.7. The first kappa shape index (κ1) is 56.5. The predicted octanol–water partition coefficient (Wildman–Crippen LogP) is 12.1. The van der Waals surface area contributed by atoms with Gasteiger partial charge in [-0.25, -0.2) is 34.4 Å². The fourth-order valence-electron chi connectivity index (χ4n) is 5.52. The van der Waals surface area contributed by atoms with Crippen LogP contribution in [-0.4, -0.2) is 57.5 Å². The minimum absolute atomic E-state index is 0.0804. The van der Waals surface area contributed by atoms with Gasteiger partial charge in [0.25, 0.3) is 0 Å².